The monoisotopic (exact) mass is 207 g/mol. The summed E-state index contributed by atoms with van der Waals surface area (Å²) in [6, 6.07) is 11.3. The second kappa shape index (κ2) is 9.72. The van der Waals surface area contributed by atoms with Gasteiger partial charge in [-0.15, -0.1) is 0 Å². The van der Waals surface area contributed by atoms with Gasteiger partial charge in [-0.1, -0.05) is 57.5 Å². The first-order valence-corrected chi connectivity index (χ1v) is 6.08. The second-order valence-corrected chi connectivity index (χ2v) is 3.46. The summed E-state index contributed by atoms with van der Waals surface area (Å²) in [7, 11) is 2.04. The minimum absolute atomic E-state index is 0.632. The molecule has 1 unspecified atom stereocenters. The van der Waals surface area contributed by atoms with Crippen LogP contribution in [0.25, 0.3) is 0 Å². The molecule has 0 aliphatic carbocycles. The van der Waals surface area contributed by atoms with Crippen LogP contribution in [0.4, 0.5) is 0 Å². The molecule has 1 aromatic carbocycles. The number of hydrogen-bond donors (Lipinski definition) is 1. The average Bonchev–Trinajstić information content (AvgIpc) is 2.32. The molecular weight excluding hydrogens is 182 g/mol. The van der Waals surface area contributed by atoms with Gasteiger partial charge in [0.2, 0.25) is 0 Å². The average molecular weight is 207 g/mol. The van der Waals surface area contributed by atoms with Gasteiger partial charge in [0.1, 0.15) is 0 Å². The van der Waals surface area contributed by atoms with Gasteiger partial charge in [0.05, 0.1) is 0 Å². The Morgan fingerprint density at radius 2 is 1.73 bits per heavy atom. The first-order valence-electron chi connectivity index (χ1n) is 6.08. The Labute approximate surface area is 94.9 Å². The van der Waals surface area contributed by atoms with Crippen LogP contribution in [0.15, 0.2) is 30.3 Å². The lowest BCUT2D eigenvalue weighted by Gasteiger charge is -2.14. The van der Waals surface area contributed by atoms with Crippen LogP contribution in [0.1, 0.15) is 39.2 Å². The third-order valence-electron chi connectivity index (χ3n) is 2.37. The van der Waals surface area contributed by atoms with E-state index in [0.29, 0.717) is 6.04 Å². The van der Waals surface area contributed by atoms with E-state index in [4.69, 9.17) is 0 Å². The number of nitrogens with one attached hydrogen (secondary N) is 1. The molecule has 0 bridgehead atoms. The summed E-state index contributed by atoms with van der Waals surface area (Å²) < 4.78 is 0. The highest BCUT2D eigenvalue weighted by Crippen LogP contribution is 2.06. The van der Waals surface area contributed by atoms with Gasteiger partial charge in [0.15, 0.2) is 0 Å². The highest BCUT2D eigenvalue weighted by molar-refractivity contribution is 5.15. The summed E-state index contributed by atoms with van der Waals surface area (Å²) in [6.07, 6.45) is 3.65. The normalized spacial score (nSPS) is 11.5. The lowest BCUT2D eigenvalue weighted by Crippen LogP contribution is -2.27. The summed E-state index contributed by atoms with van der Waals surface area (Å²) in [5.74, 6) is 0. The Morgan fingerprint density at radius 3 is 2.20 bits per heavy atom. The smallest absolute Gasteiger partial charge is 0.0104 e. The standard InChI is InChI=1S/C12H19N.C2H6/c1-3-7-12(13-2)10-11-8-5-4-6-9-11;1-2/h4-6,8-9,12-13H,3,7,10H2,1-2H3;1-2H3. The van der Waals surface area contributed by atoms with Gasteiger partial charge < -0.3 is 5.32 Å². The molecule has 86 valence electrons. The number of hydrogen-bond acceptors (Lipinski definition) is 1. The van der Waals surface area contributed by atoms with Gasteiger partial charge >= 0.3 is 0 Å². The zero-order valence-corrected chi connectivity index (χ0v) is 10.6. The van der Waals surface area contributed by atoms with E-state index in [9.17, 15) is 0 Å². The molecule has 1 nitrogen and oxygen atoms in total. The highest BCUT2D eigenvalue weighted by atomic mass is 14.9. The van der Waals surface area contributed by atoms with Crippen molar-refractivity contribution in [3.8, 4) is 0 Å². The van der Waals surface area contributed by atoms with Crippen LogP contribution in [-0.2, 0) is 6.42 Å². The van der Waals surface area contributed by atoms with E-state index in [1.54, 1.807) is 0 Å². The topological polar surface area (TPSA) is 12.0 Å². The van der Waals surface area contributed by atoms with E-state index in [2.05, 4.69) is 42.6 Å². The molecule has 15 heavy (non-hydrogen) atoms. The summed E-state index contributed by atoms with van der Waals surface area (Å²) in [4.78, 5) is 0. The largest absolute Gasteiger partial charge is 0.317 e. The maximum atomic E-state index is 3.35. The molecular formula is C14H25N. The van der Waals surface area contributed by atoms with Crippen molar-refractivity contribution in [2.24, 2.45) is 0 Å². The van der Waals surface area contributed by atoms with Gasteiger partial charge in [-0.05, 0) is 25.5 Å². The molecule has 0 radical (unpaired) electrons. The molecule has 1 aromatic rings. The fraction of sp³-hybridized carbons (Fsp3) is 0.571. The van der Waals surface area contributed by atoms with Crippen molar-refractivity contribution in [3.63, 3.8) is 0 Å². The zero-order valence-electron chi connectivity index (χ0n) is 10.6. The molecule has 1 heteroatoms. The van der Waals surface area contributed by atoms with Gasteiger partial charge in [-0.2, -0.15) is 0 Å². The maximum Gasteiger partial charge on any atom is 0.0104 e. The van der Waals surface area contributed by atoms with E-state index in [0.717, 1.165) is 6.42 Å². The molecule has 0 amide bonds. The van der Waals surface area contributed by atoms with E-state index in [1.165, 1.54) is 18.4 Å². The minimum Gasteiger partial charge on any atom is -0.317 e. The van der Waals surface area contributed by atoms with Crippen LogP contribution >= 0.6 is 0 Å². The lowest BCUT2D eigenvalue weighted by molar-refractivity contribution is 0.514. The quantitative estimate of drug-likeness (QED) is 0.777. The predicted octanol–water partition coefficient (Wildman–Crippen LogP) is 3.64. The van der Waals surface area contributed by atoms with Gasteiger partial charge in [0, 0.05) is 6.04 Å². The second-order valence-electron chi connectivity index (χ2n) is 3.46. The van der Waals surface area contributed by atoms with Crippen molar-refractivity contribution in [2.45, 2.75) is 46.1 Å². The molecule has 1 atom stereocenters. The summed E-state index contributed by atoms with van der Waals surface area (Å²) >= 11 is 0. The molecule has 0 spiro atoms. The van der Waals surface area contributed by atoms with Crippen molar-refractivity contribution < 1.29 is 0 Å². The van der Waals surface area contributed by atoms with Crippen LogP contribution in [-0.4, -0.2) is 13.1 Å². The van der Waals surface area contributed by atoms with Crippen LogP contribution < -0.4 is 5.32 Å². The van der Waals surface area contributed by atoms with E-state index < -0.39 is 0 Å². The Morgan fingerprint density at radius 1 is 1.13 bits per heavy atom. The van der Waals surface area contributed by atoms with Crippen molar-refractivity contribution in [2.75, 3.05) is 7.05 Å². The minimum atomic E-state index is 0.632. The SMILES string of the molecule is CC.CCCC(Cc1ccccc1)NC. The van der Waals surface area contributed by atoms with Crippen molar-refractivity contribution >= 4 is 0 Å². The first kappa shape index (κ1) is 14.2. The number of likely N-dealkylation sites (N-methyl/N-ethyl adjacent to an activating group) is 1. The fourth-order valence-electron chi connectivity index (χ4n) is 1.60. The van der Waals surface area contributed by atoms with Gasteiger partial charge in [-0.3, -0.25) is 0 Å². The van der Waals surface area contributed by atoms with E-state index in [-0.39, 0.29) is 0 Å². The lowest BCUT2D eigenvalue weighted by atomic mass is 10.0. The Kier molecular flexibility index (Phi) is 9.19. The Hall–Kier alpha value is -0.820. The summed E-state index contributed by atoms with van der Waals surface area (Å²) in [5, 5.41) is 3.35. The maximum absolute atomic E-state index is 3.35. The van der Waals surface area contributed by atoms with Crippen LogP contribution in [0, 0.1) is 0 Å². The number of benzene rings is 1. The van der Waals surface area contributed by atoms with Gasteiger partial charge in [-0.25, -0.2) is 0 Å². The summed E-state index contributed by atoms with van der Waals surface area (Å²) in [5.41, 5.74) is 1.43. The van der Waals surface area contributed by atoms with Crippen LogP contribution in [0.5, 0.6) is 0 Å². The van der Waals surface area contributed by atoms with Crippen LogP contribution in [0.3, 0.4) is 0 Å². The first-order chi connectivity index (χ1) is 7.36. The zero-order chi connectivity index (χ0) is 11.5. The molecule has 0 saturated carbocycles. The molecule has 0 heterocycles. The Bertz CT molecular complexity index is 218. The molecule has 1 rings (SSSR count). The molecule has 0 aliphatic rings. The van der Waals surface area contributed by atoms with Crippen molar-refractivity contribution in [3.05, 3.63) is 35.9 Å². The van der Waals surface area contributed by atoms with E-state index in [1.807, 2.05) is 20.9 Å². The summed E-state index contributed by atoms with van der Waals surface area (Å²) in [6.45, 7) is 6.23. The molecule has 0 saturated heterocycles. The highest BCUT2D eigenvalue weighted by Gasteiger charge is 2.04. The van der Waals surface area contributed by atoms with Crippen molar-refractivity contribution in [1.82, 2.24) is 5.32 Å². The van der Waals surface area contributed by atoms with E-state index >= 15 is 0 Å². The third kappa shape index (κ3) is 6.29. The molecule has 0 fully saturated rings. The molecule has 1 N–H and O–H groups in total. The molecule has 0 aromatic heterocycles. The van der Waals surface area contributed by atoms with Gasteiger partial charge in [0.25, 0.3) is 0 Å². The predicted molar refractivity (Wildman–Crippen MR) is 69.2 cm³/mol. The van der Waals surface area contributed by atoms with Crippen molar-refractivity contribution in [1.29, 1.82) is 0 Å². The fourth-order valence-corrected chi connectivity index (χ4v) is 1.60. The molecule has 0 aliphatic heterocycles. The van der Waals surface area contributed by atoms with Crippen LogP contribution in [0.2, 0.25) is 0 Å². The Balaban J connectivity index is 0.000000921. The third-order valence-corrected chi connectivity index (χ3v) is 2.37. The number of rotatable bonds is 5.